The molecule has 4 N–H and O–H groups in total. The van der Waals surface area contributed by atoms with E-state index in [9.17, 15) is 9.90 Å². The largest absolute Gasteiger partial charge is 0.392 e. The van der Waals surface area contributed by atoms with E-state index in [2.05, 4.69) is 9.97 Å². The number of aliphatic hydroxyl groups excluding tert-OH is 1. The number of nitrogens with zero attached hydrogens (tertiary/aromatic N) is 1. The number of fused-ring (bicyclic) bond motifs is 1. The number of aliphatic hydroxyl groups is 1. The second-order valence-corrected chi connectivity index (χ2v) is 4.96. The van der Waals surface area contributed by atoms with Crippen molar-refractivity contribution in [3.05, 3.63) is 59.9 Å². The molecule has 0 aliphatic heterocycles. The number of nitrogens with one attached hydrogen (secondary N) is 1. The molecule has 0 fully saturated rings. The van der Waals surface area contributed by atoms with Gasteiger partial charge in [-0.1, -0.05) is 18.2 Å². The molecule has 0 aliphatic carbocycles. The molecule has 0 radical (unpaired) electrons. The summed E-state index contributed by atoms with van der Waals surface area (Å²) in [5, 5.41) is 10.1. The molecule has 3 rings (SSSR count). The van der Waals surface area contributed by atoms with Gasteiger partial charge in [0, 0.05) is 35.0 Å². The van der Waals surface area contributed by atoms with Gasteiger partial charge in [0.1, 0.15) is 5.65 Å². The van der Waals surface area contributed by atoms with Crippen molar-refractivity contribution >= 4 is 23.0 Å². The number of aromatic nitrogens is 2. The van der Waals surface area contributed by atoms with Crippen molar-refractivity contribution in [3.63, 3.8) is 0 Å². The Balaban J connectivity index is 2.08. The van der Waals surface area contributed by atoms with E-state index in [0.29, 0.717) is 0 Å². The van der Waals surface area contributed by atoms with Crippen LogP contribution in [0.3, 0.4) is 0 Å². The Kier molecular flexibility index (Phi) is 3.72. The minimum absolute atomic E-state index is 0.000265. The van der Waals surface area contributed by atoms with Gasteiger partial charge in [-0.3, -0.25) is 4.79 Å². The van der Waals surface area contributed by atoms with Crippen molar-refractivity contribution in [2.45, 2.75) is 6.61 Å². The molecular formula is C17H15N3O2. The lowest BCUT2D eigenvalue weighted by atomic mass is 10.0. The van der Waals surface area contributed by atoms with E-state index in [4.69, 9.17) is 5.73 Å². The number of carbonyl (C=O) groups excluding carboxylic acids is 1. The maximum Gasteiger partial charge on any atom is 0.241 e. The number of H-pyrrole nitrogens is 1. The summed E-state index contributed by atoms with van der Waals surface area (Å²) in [6, 6.07) is 9.65. The van der Waals surface area contributed by atoms with Crippen LogP contribution in [0.2, 0.25) is 0 Å². The Hall–Kier alpha value is -2.92. The number of aromatic amines is 1. The third-order valence-electron chi connectivity index (χ3n) is 3.43. The first kappa shape index (κ1) is 14.0. The molecule has 22 heavy (non-hydrogen) atoms. The molecule has 0 unspecified atom stereocenters. The molecule has 0 spiro atoms. The number of pyridine rings is 1. The van der Waals surface area contributed by atoms with Crippen molar-refractivity contribution < 1.29 is 9.90 Å². The summed E-state index contributed by atoms with van der Waals surface area (Å²) in [5.41, 5.74) is 9.49. The zero-order valence-corrected chi connectivity index (χ0v) is 11.8. The maximum atomic E-state index is 10.9. The Labute approximate surface area is 127 Å². The summed E-state index contributed by atoms with van der Waals surface area (Å²) >= 11 is 0. The van der Waals surface area contributed by atoms with Gasteiger partial charge in [0.2, 0.25) is 5.91 Å². The standard InChI is InChI=1S/C17H15N3O2/c18-16(22)5-4-13-8-19-17-15(13)7-14(9-20-17)12-3-1-2-11(6-12)10-21/h1-9,21H,10H2,(H2,18,22)(H,19,20). The predicted molar refractivity (Wildman–Crippen MR) is 85.7 cm³/mol. The Morgan fingerprint density at radius 1 is 1.32 bits per heavy atom. The van der Waals surface area contributed by atoms with Crippen molar-refractivity contribution in [1.29, 1.82) is 0 Å². The van der Waals surface area contributed by atoms with Gasteiger partial charge < -0.3 is 15.8 Å². The molecular weight excluding hydrogens is 278 g/mol. The Morgan fingerprint density at radius 3 is 2.95 bits per heavy atom. The van der Waals surface area contributed by atoms with Gasteiger partial charge in [0.15, 0.2) is 0 Å². The number of hydrogen-bond acceptors (Lipinski definition) is 3. The quantitative estimate of drug-likeness (QED) is 0.644. The van der Waals surface area contributed by atoms with Gasteiger partial charge >= 0.3 is 0 Å². The number of nitrogens with two attached hydrogens (primary N) is 1. The maximum absolute atomic E-state index is 10.9. The molecule has 2 heterocycles. The lowest BCUT2D eigenvalue weighted by molar-refractivity contribution is -0.113. The Bertz CT molecular complexity index is 865. The highest BCUT2D eigenvalue weighted by Gasteiger charge is 2.06. The van der Waals surface area contributed by atoms with E-state index in [1.165, 1.54) is 6.08 Å². The SMILES string of the molecule is NC(=O)C=Cc1c[nH]c2ncc(-c3cccc(CO)c3)cc12. The summed E-state index contributed by atoms with van der Waals surface area (Å²) in [5.74, 6) is -0.492. The molecule has 2 aromatic heterocycles. The second kappa shape index (κ2) is 5.83. The summed E-state index contributed by atoms with van der Waals surface area (Å²) in [6.45, 7) is 0.000265. The van der Waals surface area contributed by atoms with Crippen molar-refractivity contribution in [2.24, 2.45) is 5.73 Å². The monoisotopic (exact) mass is 293 g/mol. The van der Waals surface area contributed by atoms with Crippen LogP contribution in [0.5, 0.6) is 0 Å². The van der Waals surface area contributed by atoms with Crippen LogP contribution in [0.15, 0.2) is 48.8 Å². The summed E-state index contributed by atoms with van der Waals surface area (Å²) < 4.78 is 0. The van der Waals surface area contributed by atoms with Gasteiger partial charge in [-0.15, -0.1) is 0 Å². The average molecular weight is 293 g/mol. The van der Waals surface area contributed by atoms with E-state index < -0.39 is 5.91 Å². The number of rotatable bonds is 4. The minimum Gasteiger partial charge on any atom is -0.392 e. The molecule has 0 saturated heterocycles. The van der Waals surface area contributed by atoms with Gasteiger partial charge in [-0.25, -0.2) is 4.98 Å². The van der Waals surface area contributed by atoms with E-state index in [1.807, 2.05) is 30.3 Å². The third kappa shape index (κ3) is 2.75. The molecule has 0 saturated carbocycles. The molecule has 0 bridgehead atoms. The number of carbonyl (C=O) groups is 1. The number of primary amides is 1. The highest BCUT2D eigenvalue weighted by molar-refractivity contribution is 5.95. The van der Waals surface area contributed by atoms with Crippen LogP contribution in [0.4, 0.5) is 0 Å². The third-order valence-corrected chi connectivity index (χ3v) is 3.43. The molecule has 1 aromatic carbocycles. The fraction of sp³-hybridized carbons (Fsp3) is 0.0588. The van der Waals surface area contributed by atoms with Crippen LogP contribution in [-0.4, -0.2) is 21.0 Å². The molecule has 5 heteroatoms. The summed E-state index contributed by atoms with van der Waals surface area (Å²) in [6.07, 6.45) is 6.54. The van der Waals surface area contributed by atoms with Crippen LogP contribution in [0, 0.1) is 0 Å². The molecule has 0 aliphatic rings. The molecule has 0 atom stereocenters. The van der Waals surface area contributed by atoms with Crippen LogP contribution in [0.25, 0.3) is 28.2 Å². The van der Waals surface area contributed by atoms with Crippen LogP contribution in [0.1, 0.15) is 11.1 Å². The Morgan fingerprint density at radius 2 is 2.18 bits per heavy atom. The minimum atomic E-state index is -0.492. The fourth-order valence-electron chi connectivity index (χ4n) is 2.34. The van der Waals surface area contributed by atoms with Gasteiger partial charge in [-0.2, -0.15) is 0 Å². The van der Waals surface area contributed by atoms with Crippen molar-refractivity contribution in [3.8, 4) is 11.1 Å². The molecule has 110 valence electrons. The molecule has 1 amide bonds. The number of benzene rings is 1. The van der Waals surface area contributed by atoms with Crippen molar-refractivity contribution in [2.75, 3.05) is 0 Å². The first-order valence-electron chi connectivity index (χ1n) is 6.82. The summed E-state index contributed by atoms with van der Waals surface area (Å²) in [4.78, 5) is 18.3. The van der Waals surface area contributed by atoms with Crippen molar-refractivity contribution in [1.82, 2.24) is 9.97 Å². The van der Waals surface area contributed by atoms with Gasteiger partial charge in [0.25, 0.3) is 0 Å². The van der Waals surface area contributed by atoms with Crippen LogP contribution < -0.4 is 5.73 Å². The van der Waals surface area contributed by atoms with E-state index in [-0.39, 0.29) is 6.61 Å². The fourth-order valence-corrected chi connectivity index (χ4v) is 2.34. The molecule has 3 aromatic rings. The lowest BCUT2D eigenvalue weighted by Crippen LogP contribution is -2.04. The lowest BCUT2D eigenvalue weighted by Gasteiger charge is -2.04. The van der Waals surface area contributed by atoms with E-state index in [1.54, 1.807) is 18.5 Å². The second-order valence-electron chi connectivity index (χ2n) is 4.96. The predicted octanol–water partition coefficient (Wildman–Crippen LogP) is 2.22. The van der Waals surface area contributed by atoms with E-state index >= 15 is 0 Å². The first-order chi connectivity index (χ1) is 10.7. The van der Waals surface area contributed by atoms with Gasteiger partial charge in [0.05, 0.1) is 6.61 Å². The number of hydrogen-bond donors (Lipinski definition) is 3. The highest BCUT2D eigenvalue weighted by atomic mass is 16.3. The van der Waals surface area contributed by atoms with Crippen LogP contribution in [-0.2, 0) is 11.4 Å². The zero-order chi connectivity index (χ0) is 15.5. The summed E-state index contributed by atoms with van der Waals surface area (Å²) in [7, 11) is 0. The highest BCUT2D eigenvalue weighted by Crippen LogP contribution is 2.26. The topological polar surface area (TPSA) is 92.0 Å². The number of amides is 1. The first-order valence-corrected chi connectivity index (χ1v) is 6.82. The van der Waals surface area contributed by atoms with Gasteiger partial charge in [-0.05, 0) is 29.3 Å². The van der Waals surface area contributed by atoms with Crippen LogP contribution >= 0.6 is 0 Å². The average Bonchev–Trinajstić information content (AvgIpc) is 2.95. The smallest absolute Gasteiger partial charge is 0.241 e. The normalized spacial score (nSPS) is 11.3. The zero-order valence-electron chi connectivity index (χ0n) is 11.8. The molecule has 5 nitrogen and oxygen atoms in total. The van der Waals surface area contributed by atoms with E-state index in [0.717, 1.165) is 33.3 Å².